The van der Waals surface area contributed by atoms with E-state index in [-0.39, 0.29) is 23.5 Å². The maximum absolute atomic E-state index is 12.6. The highest BCUT2D eigenvalue weighted by molar-refractivity contribution is 7.89. The van der Waals surface area contributed by atoms with Gasteiger partial charge in [0.2, 0.25) is 15.9 Å². The standard InChI is InChI=1S/C23H29N3O4S/c1-25-15-12-21(13-16-25)30-20-8-4-18(5-9-20)17-24-31(28,29)22-10-6-19(7-11-22)26-14-2-3-23(26)27/h4-11,21,24H,2-3,12-17H2,1H3. The number of rotatable bonds is 7. The minimum absolute atomic E-state index is 0.0805. The number of nitrogens with one attached hydrogen (secondary N) is 1. The van der Waals surface area contributed by atoms with Gasteiger partial charge in [-0.1, -0.05) is 12.1 Å². The van der Waals surface area contributed by atoms with Crippen molar-refractivity contribution in [3.05, 3.63) is 54.1 Å². The molecule has 0 aliphatic carbocycles. The fraction of sp³-hybridized carbons (Fsp3) is 0.435. The number of hydrogen-bond donors (Lipinski definition) is 1. The molecule has 7 nitrogen and oxygen atoms in total. The van der Waals surface area contributed by atoms with Gasteiger partial charge in [0, 0.05) is 38.3 Å². The number of likely N-dealkylation sites (tertiary alicyclic amines) is 1. The highest BCUT2D eigenvalue weighted by atomic mass is 32.2. The predicted molar refractivity (Wildman–Crippen MR) is 120 cm³/mol. The third kappa shape index (κ3) is 5.44. The van der Waals surface area contributed by atoms with E-state index in [0.717, 1.165) is 49.4 Å². The fourth-order valence-corrected chi connectivity index (χ4v) is 4.99. The Morgan fingerprint density at radius 3 is 2.29 bits per heavy atom. The molecular weight excluding hydrogens is 414 g/mol. The van der Waals surface area contributed by atoms with E-state index in [9.17, 15) is 13.2 Å². The lowest BCUT2D eigenvalue weighted by Crippen LogP contribution is -2.35. The second kappa shape index (κ2) is 9.38. The summed E-state index contributed by atoms with van der Waals surface area (Å²) in [6.07, 6.45) is 3.65. The van der Waals surface area contributed by atoms with Gasteiger partial charge in [-0.15, -0.1) is 0 Å². The van der Waals surface area contributed by atoms with Crippen molar-refractivity contribution in [2.24, 2.45) is 0 Å². The minimum atomic E-state index is -3.64. The Morgan fingerprint density at radius 2 is 1.68 bits per heavy atom. The minimum Gasteiger partial charge on any atom is -0.490 e. The van der Waals surface area contributed by atoms with Crippen LogP contribution in [0.5, 0.6) is 5.75 Å². The van der Waals surface area contributed by atoms with Crippen molar-refractivity contribution in [2.45, 2.75) is 43.2 Å². The molecule has 1 amide bonds. The van der Waals surface area contributed by atoms with Crippen LogP contribution in [0.25, 0.3) is 0 Å². The van der Waals surface area contributed by atoms with Crippen molar-refractivity contribution in [3.8, 4) is 5.75 Å². The topological polar surface area (TPSA) is 79.0 Å². The van der Waals surface area contributed by atoms with Crippen LogP contribution in [0.2, 0.25) is 0 Å². The van der Waals surface area contributed by atoms with Gasteiger partial charge >= 0.3 is 0 Å². The van der Waals surface area contributed by atoms with Gasteiger partial charge in [-0.05, 0) is 68.3 Å². The molecule has 31 heavy (non-hydrogen) atoms. The molecule has 0 atom stereocenters. The molecule has 8 heteroatoms. The Kier molecular flexibility index (Phi) is 6.60. The van der Waals surface area contributed by atoms with Gasteiger partial charge < -0.3 is 14.5 Å². The predicted octanol–water partition coefficient (Wildman–Crippen LogP) is 2.76. The van der Waals surface area contributed by atoms with Gasteiger partial charge in [0.25, 0.3) is 0 Å². The monoisotopic (exact) mass is 443 g/mol. The van der Waals surface area contributed by atoms with Gasteiger partial charge in [-0.3, -0.25) is 4.79 Å². The van der Waals surface area contributed by atoms with Crippen LogP contribution in [0.15, 0.2) is 53.4 Å². The molecule has 2 fully saturated rings. The van der Waals surface area contributed by atoms with Crippen molar-refractivity contribution >= 4 is 21.6 Å². The number of piperidine rings is 1. The molecule has 0 aromatic heterocycles. The molecule has 2 aromatic rings. The normalized spacial score (nSPS) is 18.5. The zero-order valence-corrected chi connectivity index (χ0v) is 18.6. The SMILES string of the molecule is CN1CCC(Oc2ccc(CNS(=O)(=O)c3ccc(N4CCCC4=O)cc3)cc2)CC1. The van der Waals surface area contributed by atoms with E-state index in [0.29, 0.717) is 13.0 Å². The third-order valence-corrected chi connectivity index (χ3v) is 7.31. The van der Waals surface area contributed by atoms with Crippen molar-refractivity contribution in [2.75, 3.05) is 31.6 Å². The summed E-state index contributed by atoms with van der Waals surface area (Å²) in [6.45, 7) is 2.96. The first-order valence-corrected chi connectivity index (χ1v) is 12.2. The van der Waals surface area contributed by atoms with E-state index in [4.69, 9.17) is 4.74 Å². The van der Waals surface area contributed by atoms with Gasteiger partial charge in [-0.25, -0.2) is 13.1 Å². The maximum atomic E-state index is 12.6. The van der Waals surface area contributed by atoms with Crippen LogP contribution >= 0.6 is 0 Å². The summed E-state index contributed by atoms with van der Waals surface area (Å²) < 4.78 is 34.0. The molecule has 0 radical (unpaired) electrons. The molecule has 1 N–H and O–H groups in total. The number of anilines is 1. The van der Waals surface area contributed by atoms with Gasteiger partial charge in [0.05, 0.1) is 4.90 Å². The molecule has 2 heterocycles. The van der Waals surface area contributed by atoms with E-state index < -0.39 is 10.0 Å². The van der Waals surface area contributed by atoms with Gasteiger partial charge in [-0.2, -0.15) is 0 Å². The number of amides is 1. The quantitative estimate of drug-likeness (QED) is 0.712. The summed E-state index contributed by atoms with van der Waals surface area (Å²) in [5.74, 6) is 0.894. The zero-order valence-electron chi connectivity index (χ0n) is 17.8. The first-order valence-electron chi connectivity index (χ1n) is 10.7. The lowest BCUT2D eigenvalue weighted by atomic mass is 10.1. The Balaban J connectivity index is 1.32. The average Bonchev–Trinajstić information content (AvgIpc) is 3.21. The van der Waals surface area contributed by atoms with Crippen LogP contribution < -0.4 is 14.4 Å². The van der Waals surface area contributed by atoms with Crippen LogP contribution in [-0.2, 0) is 21.4 Å². The van der Waals surface area contributed by atoms with Crippen LogP contribution in [0.1, 0.15) is 31.2 Å². The number of sulfonamides is 1. The van der Waals surface area contributed by atoms with Crippen LogP contribution in [0, 0.1) is 0 Å². The largest absolute Gasteiger partial charge is 0.490 e. The summed E-state index contributed by atoms with van der Waals surface area (Å²) in [4.78, 5) is 16.0. The summed E-state index contributed by atoms with van der Waals surface area (Å²) in [5.41, 5.74) is 1.60. The van der Waals surface area contributed by atoms with E-state index in [1.165, 1.54) is 0 Å². The van der Waals surface area contributed by atoms with Crippen molar-refractivity contribution in [1.29, 1.82) is 0 Å². The number of carbonyl (C=O) groups excluding carboxylic acids is 1. The molecule has 2 aliphatic heterocycles. The average molecular weight is 444 g/mol. The summed E-state index contributed by atoms with van der Waals surface area (Å²) >= 11 is 0. The second-order valence-corrected chi connectivity index (χ2v) is 10.00. The number of benzene rings is 2. The maximum Gasteiger partial charge on any atom is 0.240 e. The summed E-state index contributed by atoms with van der Waals surface area (Å²) in [5, 5.41) is 0. The van der Waals surface area contributed by atoms with E-state index in [2.05, 4.69) is 16.7 Å². The van der Waals surface area contributed by atoms with Gasteiger partial charge in [0.15, 0.2) is 0 Å². The smallest absolute Gasteiger partial charge is 0.240 e. The molecule has 166 valence electrons. The highest BCUT2D eigenvalue weighted by Crippen LogP contribution is 2.23. The van der Waals surface area contributed by atoms with E-state index in [1.807, 2.05) is 24.3 Å². The fourth-order valence-electron chi connectivity index (χ4n) is 3.97. The number of nitrogens with zero attached hydrogens (tertiary/aromatic N) is 2. The Bertz CT molecular complexity index is 998. The molecule has 0 spiro atoms. The van der Waals surface area contributed by atoms with E-state index >= 15 is 0 Å². The molecule has 0 unspecified atom stereocenters. The Labute approximate surface area is 184 Å². The summed E-state index contributed by atoms with van der Waals surface area (Å²) in [7, 11) is -1.52. The van der Waals surface area contributed by atoms with Crippen LogP contribution in [-0.4, -0.2) is 52.0 Å². The number of ether oxygens (including phenoxy) is 1. The highest BCUT2D eigenvalue weighted by Gasteiger charge is 2.22. The molecule has 0 bridgehead atoms. The molecule has 2 aromatic carbocycles. The summed E-state index contributed by atoms with van der Waals surface area (Å²) in [6, 6.07) is 14.0. The Morgan fingerprint density at radius 1 is 1.00 bits per heavy atom. The van der Waals surface area contributed by atoms with E-state index in [1.54, 1.807) is 29.2 Å². The first-order chi connectivity index (χ1) is 14.9. The molecule has 2 aliphatic rings. The molecule has 0 saturated carbocycles. The molecular formula is C23H29N3O4S. The first kappa shape index (κ1) is 21.8. The van der Waals surface area contributed by atoms with Crippen LogP contribution in [0.3, 0.4) is 0 Å². The molecule has 2 saturated heterocycles. The van der Waals surface area contributed by atoms with Crippen molar-refractivity contribution in [1.82, 2.24) is 9.62 Å². The lowest BCUT2D eigenvalue weighted by Gasteiger charge is -2.29. The zero-order chi connectivity index (χ0) is 21.8. The Hall–Kier alpha value is -2.42. The second-order valence-electron chi connectivity index (χ2n) is 8.23. The van der Waals surface area contributed by atoms with Crippen LogP contribution in [0.4, 0.5) is 5.69 Å². The third-order valence-electron chi connectivity index (χ3n) is 5.89. The van der Waals surface area contributed by atoms with Crippen molar-refractivity contribution in [3.63, 3.8) is 0 Å². The lowest BCUT2D eigenvalue weighted by molar-refractivity contribution is -0.117. The number of hydrogen-bond acceptors (Lipinski definition) is 5. The number of carbonyl (C=O) groups is 1. The van der Waals surface area contributed by atoms with Crippen molar-refractivity contribution < 1.29 is 17.9 Å². The van der Waals surface area contributed by atoms with Gasteiger partial charge in [0.1, 0.15) is 11.9 Å². The molecule has 4 rings (SSSR count).